The Morgan fingerprint density at radius 1 is 0.952 bits per heavy atom. The maximum atomic E-state index is 5.19. The van der Waals surface area contributed by atoms with Gasteiger partial charge in [-0.25, -0.2) is 0 Å². The van der Waals surface area contributed by atoms with E-state index in [-0.39, 0.29) is 0 Å². The van der Waals surface area contributed by atoms with Crippen molar-refractivity contribution in [2.75, 3.05) is 32.6 Å². The molecule has 1 N–H and O–H groups in total. The molecule has 2 rings (SSSR count). The quantitative estimate of drug-likeness (QED) is 0.845. The Kier molecular flexibility index (Phi) is 5.64. The van der Waals surface area contributed by atoms with Crippen molar-refractivity contribution in [3.05, 3.63) is 59.7 Å². The zero-order valence-electron chi connectivity index (χ0n) is 13.1. The maximum absolute atomic E-state index is 5.19. The summed E-state index contributed by atoms with van der Waals surface area (Å²) in [6, 6.07) is 17.0. The van der Waals surface area contributed by atoms with Crippen molar-refractivity contribution >= 4 is 5.69 Å². The summed E-state index contributed by atoms with van der Waals surface area (Å²) in [6.07, 6.45) is 1.07. The minimum Gasteiger partial charge on any atom is -0.497 e. The minimum atomic E-state index is 0.890. The number of ether oxygens (including phenoxy) is 1. The third kappa shape index (κ3) is 4.50. The number of methoxy groups -OCH3 is 1. The summed E-state index contributed by atoms with van der Waals surface area (Å²) >= 11 is 0. The average molecular weight is 284 g/mol. The van der Waals surface area contributed by atoms with Crippen LogP contribution in [0.5, 0.6) is 5.75 Å². The molecule has 2 aromatic carbocycles. The fourth-order valence-electron chi connectivity index (χ4n) is 2.28. The lowest BCUT2D eigenvalue weighted by Crippen LogP contribution is -2.16. The second-order valence-corrected chi connectivity index (χ2v) is 5.22. The highest BCUT2D eigenvalue weighted by Crippen LogP contribution is 2.19. The first kappa shape index (κ1) is 15.4. The van der Waals surface area contributed by atoms with Crippen LogP contribution in [0.4, 0.5) is 5.69 Å². The smallest absolute Gasteiger partial charge is 0.119 e. The van der Waals surface area contributed by atoms with Crippen LogP contribution in [-0.2, 0) is 13.0 Å². The van der Waals surface area contributed by atoms with Crippen LogP contribution in [0.25, 0.3) is 0 Å². The van der Waals surface area contributed by atoms with Crippen molar-refractivity contribution in [1.82, 2.24) is 5.32 Å². The summed E-state index contributed by atoms with van der Waals surface area (Å²) in [5, 5.41) is 3.18. The fourth-order valence-corrected chi connectivity index (χ4v) is 2.28. The van der Waals surface area contributed by atoms with E-state index in [1.807, 2.05) is 19.2 Å². The molecule has 0 saturated carbocycles. The van der Waals surface area contributed by atoms with Gasteiger partial charge in [0.15, 0.2) is 0 Å². The van der Waals surface area contributed by atoms with E-state index in [0.717, 1.165) is 25.3 Å². The molecule has 3 nitrogen and oxygen atoms in total. The van der Waals surface area contributed by atoms with Gasteiger partial charge in [0.05, 0.1) is 7.11 Å². The van der Waals surface area contributed by atoms with Crippen molar-refractivity contribution in [2.45, 2.75) is 13.0 Å². The number of anilines is 1. The van der Waals surface area contributed by atoms with Gasteiger partial charge in [-0.15, -0.1) is 0 Å². The van der Waals surface area contributed by atoms with Gasteiger partial charge in [0.2, 0.25) is 0 Å². The number of hydrogen-bond donors (Lipinski definition) is 1. The second kappa shape index (κ2) is 7.70. The van der Waals surface area contributed by atoms with Crippen molar-refractivity contribution < 1.29 is 4.74 Å². The second-order valence-electron chi connectivity index (χ2n) is 5.22. The van der Waals surface area contributed by atoms with Crippen molar-refractivity contribution in [3.63, 3.8) is 0 Å². The van der Waals surface area contributed by atoms with Crippen LogP contribution in [0.3, 0.4) is 0 Å². The van der Waals surface area contributed by atoms with Crippen molar-refractivity contribution in [3.8, 4) is 5.75 Å². The van der Waals surface area contributed by atoms with Crippen LogP contribution in [0.1, 0.15) is 11.1 Å². The molecule has 3 heteroatoms. The topological polar surface area (TPSA) is 24.5 Å². The highest BCUT2D eigenvalue weighted by Gasteiger charge is 2.03. The highest BCUT2D eigenvalue weighted by molar-refractivity contribution is 5.48. The van der Waals surface area contributed by atoms with E-state index >= 15 is 0 Å². The Morgan fingerprint density at radius 2 is 1.57 bits per heavy atom. The lowest BCUT2D eigenvalue weighted by atomic mass is 10.1. The van der Waals surface area contributed by atoms with E-state index in [2.05, 4.69) is 53.7 Å². The molecule has 0 saturated heterocycles. The Labute approximate surface area is 127 Å². The Bertz CT molecular complexity index is 534. The summed E-state index contributed by atoms with van der Waals surface area (Å²) in [4.78, 5) is 2.24. The summed E-state index contributed by atoms with van der Waals surface area (Å²) in [5.41, 5.74) is 3.89. The van der Waals surface area contributed by atoms with E-state index in [4.69, 9.17) is 4.74 Å². The number of benzene rings is 2. The largest absolute Gasteiger partial charge is 0.497 e. The lowest BCUT2D eigenvalue weighted by Gasteiger charge is -2.20. The van der Waals surface area contributed by atoms with E-state index in [0.29, 0.717) is 0 Å². The van der Waals surface area contributed by atoms with Gasteiger partial charge in [0.1, 0.15) is 5.75 Å². The van der Waals surface area contributed by atoms with Gasteiger partial charge in [0, 0.05) is 19.3 Å². The molecule has 0 aliphatic heterocycles. The Balaban J connectivity index is 1.96. The molecular weight excluding hydrogens is 260 g/mol. The molecule has 0 aliphatic rings. The van der Waals surface area contributed by atoms with E-state index < -0.39 is 0 Å². The maximum Gasteiger partial charge on any atom is 0.119 e. The molecule has 0 bridgehead atoms. The highest BCUT2D eigenvalue weighted by atomic mass is 16.5. The Morgan fingerprint density at radius 3 is 2.14 bits per heavy atom. The lowest BCUT2D eigenvalue weighted by molar-refractivity contribution is 0.415. The van der Waals surface area contributed by atoms with Gasteiger partial charge in [-0.1, -0.05) is 24.3 Å². The molecule has 0 spiro atoms. The molecule has 0 amide bonds. The molecular formula is C18H24N2O. The zero-order chi connectivity index (χ0) is 15.1. The summed E-state index contributed by atoms with van der Waals surface area (Å²) in [5.74, 6) is 0.890. The van der Waals surface area contributed by atoms with Crippen LogP contribution in [0.2, 0.25) is 0 Å². The molecule has 0 aromatic heterocycles. The van der Waals surface area contributed by atoms with E-state index in [1.165, 1.54) is 16.8 Å². The molecule has 0 aliphatic carbocycles. The first-order valence-corrected chi connectivity index (χ1v) is 7.30. The third-order valence-electron chi connectivity index (χ3n) is 3.62. The predicted octanol–water partition coefficient (Wildman–Crippen LogP) is 3.09. The number of hydrogen-bond acceptors (Lipinski definition) is 3. The number of nitrogens with one attached hydrogen (secondary N) is 1. The van der Waals surface area contributed by atoms with Crippen molar-refractivity contribution in [2.24, 2.45) is 0 Å². The molecule has 0 unspecified atom stereocenters. The molecule has 0 radical (unpaired) electrons. The predicted molar refractivity (Wildman–Crippen MR) is 89.2 cm³/mol. The van der Waals surface area contributed by atoms with Gasteiger partial charge in [-0.05, 0) is 55.4 Å². The number of likely N-dealkylation sites (N-methyl/N-ethyl adjacent to an activating group) is 1. The van der Waals surface area contributed by atoms with Crippen LogP contribution in [0, 0.1) is 0 Å². The number of rotatable bonds is 7. The average Bonchev–Trinajstić information content (AvgIpc) is 2.54. The van der Waals surface area contributed by atoms with Crippen molar-refractivity contribution in [1.29, 1.82) is 0 Å². The van der Waals surface area contributed by atoms with E-state index in [1.54, 1.807) is 7.11 Å². The normalized spacial score (nSPS) is 10.4. The van der Waals surface area contributed by atoms with Crippen LogP contribution < -0.4 is 15.0 Å². The Hall–Kier alpha value is -2.00. The molecule has 0 heterocycles. The van der Waals surface area contributed by atoms with Crippen LogP contribution in [0.15, 0.2) is 48.5 Å². The van der Waals surface area contributed by atoms with Gasteiger partial charge in [-0.3, -0.25) is 0 Å². The molecule has 0 fully saturated rings. The van der Waals surface area contributed by atoms with Gasteiger partial charge in [0.25, 0.3) is 0 Å². The zero-order valence-corrected chi connectivity index (χ0v) is 13.1. The summed E-state index contributed by atoms with van der Waals surface area (Å²) in [6.45, 7) is 1.92. The van der Waals surface area contributed by atoms with Crippen LogP contribution in [-0.4, -0.2) is 27.7 Å². The van der Waals surface area contributed by atoms with Gasteiger partial charge >= 0.3 is 0 Å². The first-order chi connectivity index (χ1) is 10.2. The number of nitrogens with zero attached hydrogens (tertiary/aromatic N) is 1. The fraction of sp³-hybridized carbons (Fsp3) is 0.333. The monoisotopic (exact) mass is 284 g/mol. The summed E-state index contributed by atoms with van der Waals surface area (Å²) in [7, 11) is 5.78. The SMILES string of the molecule is CNCCc1ccc(CN(C)c2ccc(OC)cc2)cc1. The minimum absolute atomic E-state index is 0.890. The molecule has 112 valence electrons. The molecule has 2 aromatic rings. The van der Waals surface area contributed by atoms with Gasteiger partial charge < -0.3 is 15.0 Å². The molecule has 21 heavy (non-hydrogen) atoms. The summed E-state index contributed by atoms with van der Waals surface area (Å²) < 4.78 is 5.19. The molecule has 0 atom stereocenters. The third-order valence-corrected chi connectivity index (χ3v) is 3.62. The first-order valence-electron chi connectivity index (χ1n) is 7.30. The van der Waals surface area contributed by atoms with E-state index in [9.17, 15) is 0 Å². The standard InChI is InChI=1S/C18H24N2O/c1-19-13-12-15-4-6-16(7-5-15)14-20(2)17-8-10-18(21-3)11-9-17/h4-11,19H,12-14H2,1-3H3. The van der Waals surface area contributed by atoms with Gasteiger partial charge in [-0.2, -0.15) is 0 Å². The van der Waals surface area contributed by atoms with Crippen LogP contribution >= 0.6 is 0 Å².